The topological polar surface area (TPSA) is 101 Å². The van der Waals surface area contributed by atoms with Crippen molar-refractivity contribution in [2.45, 2.75) is 19.9 Å². The van der Waals surface area contributed by atoms with Gasteiger partial charge in [0.1, 0.15) is 18.2 Å². The molecule has 0 saturated heterocycles. The third kappa shape index (κ3) is 4.10. The average Bonchev–Trinajstić information content (AvgIpc) is 3.03. The number of aryl methyl sites for hydroxylation is 1. The zero-order valence-electron chi connectivity index (χ0n) is 15.5. The van der Waals surface area contributed by atoms with Crippen LogP contribution in [-0.2, 0) is 22.6 Å². The maximum Gasteiger partial charge on any atom is 0.266 e. The van der Waals surface area contributed by atoms with Crippen LogP contribution < -0.4 is 11.1 Å². The van der Waals surface area contributed by atoms with Gasteiger partial charge in [0.2, 0.25) is 5.91 Å². The molecule has 28 heavy (non-hydrogen) atoms. The van der Waals surface area contributed by atoms with Gasteiger partial charge >= 0.3 is 0 Å². The number of hydrogen-bond acceptors (Lipinski definition) is 3. The van der Waals surface area contributed by atoms with Gasteiger partial charge in [0.05, 0.1) is 0 Å². The SMILES string of the molecule is CCc1ccc(NC(=O)/C(C#N)=C\c2cn(CC(N)=O)c3ccccc23)cc1. The molecular weight excluding hydrogens is 352 g/mol. The molecule has 3 N–H and O–H groups in total. The summed E-state index contributed by atoms with van der Waals surface area (Å²) in [4.78, 5) is 23.9. The average molecular weight is 372 g/mol. The van der Waals surface area contributed by atoms with Gasteiger partial charge in [-0.15, -0.1) is 0 Å². The van der Waals surface area contributed by atoms with Crippen molar-refractivity contribution in [3.8, 4) is 6.07 Å². The summed E-state index contributed by atoms with van der Waals surface area (Å²) < 4.78 is 1.71. The van der Waals surface area contributed by atoms with Crippen LogP contribution in [0.15, 0.2) is 60.3 Å². The number of amides is 2. The van der Waals surface area contributed by atoms with Crippen LogP contribution in [-0.4, -0.2) is 16.4 Å². The fourth-order valence-electron chi connectivity index (χ4n) is 3.02. The van der Waals surface area contributed by atoms with Crippen LogP contribution in [0.5, 0.6) is 0 Å². The zero-order valence-corrected chi connectivity index (χ0v) is 15.5. The lowest BCUT2D eigenvalue weighted by molar-refractivity contribution is -0.118. The number of rotatable bonds is 6. The van der Waals surface area contributed by atoms with Crippen molar-refractivity contribution < 1.29 is 9.59 Å². The molecular formula is C22H20N4O2. The Balaban J connectivity index is 1.92. The van der Waals surface area contributed by atoms with E-state index >= 15 is 0 Å². The minimum absolute atomic E-state index is 0.0201. The standard InChI is InChI=1S/C22H20N4O2/c1-2-15-7-9-18(10-8-15)25-22(28)16(12-23)11-17-13-26(14-21(24)27)20-6-4-3-5-19(17)20/h3-11,13H,2,14H2,1H3,(H2,24,27)(H,25,28)/b16-11-. The number of aromatic nitrogens is 1. The summed E-state index contributed by atoms with van der Waals surface area (Å²) in [5.41, 5.74) is 8.55. The smallest absolute Gasteiger partial charge is 0.266 e. The summed E-state index contributed by atoms with van der Waals surface area (Å²) in [5.74, 6) is -0.955. The highest BCUT2D eigenvalue weighted by atomic mass is 16.2. The number of nitriles is 1. The molecule has 3 rings (SSSR count). The van der Waals surface area contributed by atoms with Gasteiger partial charge in [0.15, 0.2) is 0 Å². The molecule has 1 aromatic heterocycles. The summed E-state index contributed by atoms with van der Waals surface area (Å²) in [6.07, 6.45) is 4.15. The predicted octanol–water partition coefficient (Wildman–Crippen LogP) is 3.23. The predicted molar refractivity (Wildman–Crippen MR) is 109 cm³/mol. The third-order valence-electron chi connectivity index (χ3n) is 4.43. The van der Waals surface area contributed by atoms with Gasteiger partial charge in [-0.3, -0.25) is 9.59 Å². The van der Waals surface area contributed by atoms with E-state index in [-0.39, 0.29) is 12.1 Å². The molecule has 140 valence electrons. The minimum Gasteiger partial charge on any atom is -0.368 e. The Bertz CT molecular complexity index is 1100. The molecule has 1 heterocycles. The molecule has 0 radical (unpaired) electrons. The number of carbonyl (C=O) groups excluding carboxylic acids is 2. The van der Waals surface area contributed by atoms with E-state index in [9.17, 15) is 14.9 Å². The minimum atomic E-state index is -0.488. The second kappa shape index (κ2) is 8.23. The normalized spacial score (nSPS) is 11.2. The molecule has 0 bridgehead atoms. The molecule has 0 fully saturated rings. The number of fused-ring (bicyclic) bond motifs is 1. The van der Waals surface area contributed by atoms with Crippen LogP contribution in [0.3, 0.4) is 0 Å². The van der Waals surface area contributed by atoms with Crippen molar-refractivity contribution >= 4 is 34.5 Å². The van der Waals surface area contributed by atoms with E-state index in [1.807, 2.05) is 54.6 Å². The summed E-state index contributed by atoms with van der Waals surface area (Å²) >= 11 is 0. The molecule has 0 aliphatic carbocycles. The lowest BCUT2D eigenvalue weighted by Crippen LogP contribution is -2.17. The lowest BCUT2D eigenvalue weighted by atomic mass is 10.1. The quantitative estimate of drug-likeness (QED) is 0.513. The molecule has 6 nitrogen and oxygen atoms in total. The summed E-state index contributed by atoms with van der Waals surface area (Å²) in [6, 6.07) is 16.9. The monoisotopic (exact) mass is 372 g/mol. The fraction of sp³-hybridized carbons (Fsp3) is 0.136. The summed E-state index contributed by atoms with van der Waals surface area (Å²) in [5, 5.41) is 13.1. The van der Waals surface area contributed by atoms with Gasteiger partial charge in [0.25, 0.3) is 5.91 Å². The van der Waals surface area contributed by atoms with Crippen LogP contribution in [0.4, 0.5) is 5.69 Å². The molecule has 0 atom stereocenters. The lowest BCUT2D eigenvalue weighted by Gasteiger charge is -2.05. The van der Waals surface area contributed by atoms with Crippen LogP contribution in [0, 0.1) is 11.3 Å². The van der Waals surface area contributed by atoms with E-state index in [0.29, 0.717) is 11.3 Å². The number of nitrogens with zero attached hydrogens (tertiary/aromatic N) is 2. The van der Waals surface area contributed by atoms with Gasteiger partial charge in [0, 0.05) is 28.4 Å². The Morgan fingerprint density at radius 3 is 2.54 bits per heavy atom. The third-order valence-corrected chi connectivity index (χ3v) is 4.43. The van der Waals surface area contributed by atoms with E-state index in [4.69, 9.17) is 5.73 Å². The van der Waals surface area contributed by atoms with Crippen LogP contribution in [0.2, 0.25) is 0 Å². The first-order chi connectivity index (χ1) is 13.5. The van der Waals surface area contributed by atoms with E-state index in [1.54, 1.807) is 10.8 Å². The van der Waals surface area contributed by atoms with Crippen LogP contribution in [0.1, 0.15) is 18.1 Å². The number of benzene rings is 2. The molecule has 0 aliphatic rings. The second-order valence-electron chi connectivity index (χ2n) is 6.37. The number of primary amides is 1. The highest BCUT2D eigenvalue weighted by molar-refractivity contribution is 6.10. The van der Waals surface area contributed by atoms with Gasteiger partial charge in [-0.2, -0.15) is 5.26 Å². The van der Waals surface area contributed by atoms with Crippen LogP contribution >= 0.6 is 0 Å². The first kappa shape index (κ1) is 18.9. The van der Waals surface area contributed by atoms with Crippen molar-refractivity contribution in [1.29, 1.82) is 5.26 Å². The number of carbonyl (C=O) groups is 2. The van der Waals surface area contributed by atoms with Crippen molar-refractivity contribution in [1.82, 2.24) is 4.57 Å². The largest absolute Gasteiger partial charge is 0.368 e. The second-order valence-corrected chi connectivity index (χ2v) is 6.37. The highest BCUT2D eigenvalue weighted by Crippen LogP contribution is 2.24. The van der Waals surface area contributed by atoms with Crippen molar-refractivity contribution in [2.75, 3.05) is 5.32 Å². The number of nitrogens with two attached hydrogens (primary N) is 1. The summed E-state index contributed by atoms with van der Waals surface area (Å²) in [6.45, 7) is 2.07. The van der Waals surface area contributed by atoms with Gasteiger partial charge < -0.3 is 15.6 Å². The van der Waals surface area contributed by atoms with E-state index in [2.05, 4.69) is 12.2 Å². The number of anilines is 1. The Kier molecular flexibility index (Phi) is 5.56. The van der Waals surface area contributed by atoms with Gasteiger partial charge in [-0.1, -0.05) is 37.3 Å². The molecule has 6 heteroatoms. The van der Waals surface area contributed by atoms with Gasteiger partial charge in [-0.05, 0) is 36.3 Å². The van der Waals surface area contributed by atoms with Gasteiger partial charge in [-0.25, -0.2) is 0 Å². The Morgan fingerprint density at radius 2 is 1.89 bits per heavy atom. The van der Waals surface area contributed by atoms with Crippen molar-refractivity contribution in [2.24, 2.45) is 5.73 Å². The number of para-hydroxylation sites is 1. The maximum absolute atomic E-state index is 12.5. The zero-order chi connectivity index (χ0) is 20.1. The van der Waals surface area contributed by atoms with Crippen molar-refractivity contribution in [3.05, 3.63) is 71.4 Å². The Labute approximate surface area is 162 Å². The first-order valence-corrected chi connectivity index (χ1v) is 8.90. The van der Waals surface area contributed by atoms with E-state index in [1.165, 1.54) is 6.08 Å². The molecule has 0 saturated carbocycles. The molecule has 3 aromatic rings. The Hall–Kier alpha value is -3.85. The fourth-order valence-corrected chi connectivity index (χ4v) is 3.02. The number of hydrogen-bond donors (Lipinski definition) is 2. The molecule has 0 unspecified atom stereocenters. The molecule has 0 aliphatic heterocycles. The molecule has 2 aromatic carbocycles. The Morgan fingerprint density at radius 1 is 1.18 bits per heavy atom. The molecule has 2 amide bonds. The first-order valence-electron chi connectivity index (χ1n) is 8.90. The van der Waals surface area contributed by atoms with E-state index in [0.717, 1.165) is 22.9 Å². The van der Waals surface area contributed by atoms with Crippen LogP contribution in [0.25, 0.3) is 17.0 Å². The van der Waals surface area contributed by atoms with Crippen molar-refractivity contribution in [3.63, 3.8) is 0 Å². The van der Waals surface area contributed by atoms with E-state index < -0.39 is 11.8 Å². The molecule has 0 spiro atoms. The number of nitrogens with one attached hydrogen (secondary N) is 1. The highest BCUT2D eigenvalue weighted by Gasteiger charge is 2.13. The summed E-state index contributed by atoms with van der Waals surface area (Å²) in [7, 11) is 0. The maximum atomic E-state index is 12.5.